The minimum absolute atomic E-state index is 0.0132. The minimum Gasteiger partial charge on any atom is -0.397 e. The molecule has 6 nitrogen and oxygen atoms in total. The van der Waals surface area contributed by atoms with E-state index in [9.17, 15) is 0 Å². The second kappa shape index (κ2) is 7.65. The summed E-state index contributed by atoms with van der Waals surface area (Å²) in [5.41, 5.74) is 12.5. The van der Waals surface area contributed by atoms with Crippen LogP contribution in [0.3, 0.4) is 0 Å². The number of rotatable bonds is 5. The first-order valence-electron chi connectivity index (χ1n) is 5.74. The molecule has 0 aliphatic carbocycles. The SMILES string of the molecule is N#C/C(C(N)=NC(CO)CO)=C(/N)c1ccc(Br)cc1. The van der Waals surface area contributed by atoms with Gasteiger partial charge in [-0.3, -0.25) is 4.99 Å². The molecule has 0 fully saturated rings. The molecule has 106 valence electrons. The molecule has 20 heavy (non-hydrogen) atoms. The largest absolute Gasteiger partial charge is 0.397 e. The zero-order chi connectivity index (χ0) is 15.1. The number of aliphatic hydroxyl groups is 2. The van der Waals surface area contributed by atoms with Gasteiger partial charge >= 0.3 is 0 Å². The van der Waals surface area contributed by atoms with Gasteiger partial charge < -0.3 is 21.7 Å². The number of aliphatic imine (C=N–C) groups is 1. The molecule has 0 saturated heterocycles. The zero-order valence-electron chi connectivity index (χ0n) is 10.6. The van der Waals surface area contributed by atoms with Gasteiger partial charge in [0.2, 0.25) is 0 Å². The summed E-state index contributed by atoms with van der Waals surface area (Å²) in [6.45, 7) is -0.734. The van der Waals surface area contributed by atoms with Gasteiger partial charge in [0.15, 0.2) is 0 Å². The van der Waals surface area contributed by atoms with Crippen LogP contribution < -0.4 is 11.5 Å². The van der Waals surface area contributed by atoms with E-state index in [-0.39, 0.29) is 30.3 Å². The third-order valence-electron chi connectivity index (χ3n) is 2.54. The highest BCUT2D eigenvalue weighted by Crippen LogP contribution is 2.17. The van der Waals surface area contributed by atoms with E-state index in [1.54, 1.807) is 24.3 Å². The van der Waals surface area contributed by atoms with Crippen LogP contribution in [0.5, 0.6) is 0 Å². The molecule has 0 radical (unpaired) electrons. The normalized spacial score (nSPS) is 13.1. The Labute approximate surface area is 125 Å². The highest BCUT2D eigenvalue weighted by molar-refractivity contribution is 9.10. The molecule has 1 rings (SSSR count). The molecule has 0 spiro atoms. The fraction of sp³-hybridized carbons (Fsp3) is 0.231. The molecule has 0 unspecified atom stereocenters. The van der Waals surface area contributed by atoms with E-state index in [4.69, 9.17) is 26.9 Å². The van der Waals surface area contributed by atoms with Crippen LogP contribution in [0.2, 0.25) is 0 Å². The van der Waals surface area contributed by atoms with Crippen LogP contribution in [0.25, 0.3) is 5.70 Å². The molecule has 1 aromatic carbocycles. The summed E-state index contributed by atoms with van der Waals surface area (Å²) in [4.78, 5) is 3.87. The molecular formula is C13H15BrN4O2. The fourth-order valence-electron chi connectivity index (χ4n) is 1.43. The summed E-state index contributed by atoms with van der Waals surface area (Å²) in [5.74, 6) is -0.110. The maximum atomic E-state index is 9.16. The number of hydrogen-bond acceptors (Lipinski definition) is 5. The van der Waals surface area contributed by atoms with Crippen LogP contribution in [0.1, 0.15) is 5.56 Å². The topological polar surface area (TPSA) is 129 Å². The summed E-state index contributed by atoms with van der Waals surface area (Å²) in [5, 5.41) is 27.1. The van der Waals surface area contributed by atoms with Crippen molar-refractivity contribution in [1.29, 1.82) is 5.26 Å². The van der Waals surface area contributed by atoms with Gasteiger partial charge in [-0.2, -0.15) is 5.26 Å². The lowest BCUT2D eigenvalue weighted by Gasteiger charge is -2.09. The van der Waals surface area contributed by atoms with Crippen LogP contribution in [-0.2, 0) is 0 Å². The van der Waals surface area contributed by atoms with Gasteiger partial charge in [0.25, 0.3) is 0 Å². The maximum Gasteiger partial charge on any atom is 0.139 e. The number of benzene rings is 1. The van der Waals surface area contributed by atoms with Crippen molar-refractivity contribution in [2.45, 2.75) is 6.04 Å². The van der Waals surface area contributed by atoms with E-state index >= 15 is 0 Å². The van der Waals surface area contributed by atoms with E-state index in [0.717, 1.165) is 4.47 Å². The van der Waals surface area contributed by atoms with Crippen molar-refractivity contribution in [3.05, 3.63) is 39.9 Å². The Morgan fingerprint density at radius 3 is 2.25 bits per heavy atom. The van der Waals surface area contributed by atoms with Crippen molar-refractivity contribution in [1.82, 2.24) is 0 Å². The minimum atomic E-state index is -0.768. The Kier molecular flexibility index (Phi) is 6.18. The second-order valence-electron chi connectivity index (χ2n) is 3.94. The van der Waals surface area contributed by atoms with Crippen molar-refractivity contribution in [3.8, 4) is 6.07 Å². The summed E-state index contributed by atoms with van der Waals surface area (Å²) < 4.78 is 0.884. The molecule has 1 aromatic rings. The van der Waals surface area contributed by atoms with E-state index in [2.05, 4.69) is 20.9 Å². The molecule has 0 atom stereocenters. The fourth-order valence-corrected chi connectivity index (χ4v) is 1.69. The van der Waals surface area contributed by atoms with Crippen LogP contribution in [0, 0.1) is 11.3 Å². The third kappa shape index (κ3) is 4.06. The lowest BCUT2D eigenvalue weighted by Crippen LogP contribution is -2.24. The smallest absolute Gasteiger partial charge is 0.139 e. The van der Waals surface area contributed by atoms with Gasteiger partial charge in [0, 0.05) is 4.47 Å². The van der Waals surface area contributed by atoms with E-state index in [1.165, 1.54) is 0 Å². The standard InChI is InChI=1S/C13H15BrN4O2/c14-9-3-1-8(2-4-9)12(16)11(5-15)13(17)18-10(6-19)7-20/h1-4,10,19-20H,6-7,16H2,(H2,17,18)/b12-11-. The lowest BCUT2D eigenvalue weighted by molar-refractivity contribution is 0.195. The quantitative estimate of drug-likeness (QED) is 0.350. The molecule has 0 bridgehead atoms. The van der Waals surface area contributed by atoms with Crippen molar-refractivity contribution < 1.29 is 10.2 Å². The molecule has 0 saturated carbocycles. The number of amidine groups is 1. The second-order valence-corrected chi connectivity index (χ2v) is 4.86. The number of aliphatic hydroxyl groups excluding tert-OH is 2. The molecule has 0 heterocycles. The summed E-state index contributed by atoms with van der Waals surface area (Å²) in [7, 11) is 0. The summed E-state index contributed by atoms with van der Waals surface area (Å²) >= 11 is 3.30. The highest BCUT2D eigenvalue weighted by Gasteiger charge is 2.12. The Hall–Kier alpha value is -1.88. The van der Waals surface area contributed by atoms with Gasteiger partial charge in [0.1, 0.15) is 17.5 Å². The number of nitrogens with two attached hydrogens (primary N) is 2. The first kappa shape index (κ1) is 16.2. The predicted octanol–water partition coefficient (Wildman–Crippen LogP) is 0.353. The summed E-state index contributed by atoms with van der Waals surface area (Å²) in [6, 6.07) is 8.17. The molecular weight excluding hydrogens is 324 g/mol. The van der Waals surface area contributed by atoms with Crippen LogP contribution in [-0.4, -0.2) is 35.3 Å². The van der Waals surface area contributed by atoms with Gasteiger partial charge in [-0.15, -0.1) is 0 Å². The van der Waals surface area contributed by atoms with Gasteiger partial charge in [-0.25, -0.2) is 0 Å². The molecule has 0 aliphatic rings. The Balaban J connectivity index is 3.19. The van der Waals surface area contributed by atoms with Gasteiger partial charge in [0.05, 0.1) is 25.0 Å². The van der Waals surface area contributed by atoms with E-state index < -0.39 is 6.04 Å². The monoisotopic (exact) mass is 338 g/mol. The predicted molar refractivity (Wildman–Crippen MR) is 80.4 cm³/mol. The van der Waals surface area contributed by atoms with Crippen molar-refractivity contribution >= 4 is 27.5 Å². The average molecular weight is 339 g/mol. The van der Waals surface area contributed by atoms with Gasteiger partial charge in [-0.1, -0.05) is 28.1 Å². The number of hydrogen-bond donors (Lipinski definition) is 4. The van der Waals surface area contributed by atoms with Gasteiger partial charge in [-0.05, 0) is 17.7 Å². The molecule has 0 aliphatic heterocycles. The first-order chi connectivity index (χ1) is 9.53. The molecule has 6 N–H and O–H groups in total. The molecule has 0 amide bonds. The first-order valence-corrected chi connectivity index (χ1v) is 6.54. The number of nitriles is 1. The highest BCUT2D eigenvalue weighted by atomic mass is 79.9. The third-order valence-corrected chi connectivity index (χ3v) is 3.06. The Morgan fingerprint density at radius 1 is 1.25 bits per heavy atom. The average Bonchev–Trinajstić information content (AvgIpc) is 2.46. The van der Waals surface area contributed by atoms with Crippen LogP contribution >= 0.6 is 15.9 Å². The molecule has 7 heteroatoms. The van der Waals surface area contributed by atoms with E-state index in [1.807, 2.05) is 6.07 Å². The van der Waals surface area contributed by atoms with Crippen molar-refractivity contribution in [2.75, 3.05) is 13.2 Å². The summed E-state index contributed by atoms with van der Waals surface area (Å²) in [6.07, 6.45) is 0. The number of halogens is 1. The lowest BCUT2D eigenvalue weighted by atomic mass is 10.1. The van der Waals surface area contributed by atoms with Crippen LogP contribution in [0.15, 0.2) is 39.3 Å². The molecule has 0 aromatic heterocycles. The Morgan fingerprint density at radius 2 is 1.80 bits per heavy atom. The maximum absolute atomic E-state index is 9.16. The van der Waals surface area contributed by atoms with Crippen LogP contribution in [0.4, 0.5) is 0 Å². The Bertz CT molecular complexity index is 557. The number of nitrogens with zero attached hydrogens (tertiary/aromatic N) is 2. The van der Waals surface area contributed by atoms with Crippen molar-refractivity contribution in [3.63, 3.8) is 0 Å². The zero-order valence-corrected chi connectivity index (χ0v) is 12.2. The van der Waals surface area contributed by atoms with E-state index in [0.29, 0.717) is 5.56 Å². The van der Waals surface area contributed by atoms with Crippen molar-refractivity contribution in [2.24, 2.45) is 16.5 Å².